The number of pyridine rings is 1. The highest BCUT2D eigenvalue weighted by molar-refractivity contribution is 5.71. The lowest BCUT2D eigenvalue weighted by Gasteiger charge is -2.33. The monoisotopic (exact) mass is 526 g/mol. The molecule has 1 aromatic carbocycles. The predicted molar refractivity (Wildman–Crippen MR) is 142 cm³/mol. The van der Waals surface area contributed by atoms with Crippen LogP contribution in [-0.2, 0) is 27.2 Å². The number of aryl methyl sites for hydroxylation is 1. The van der Waals surface area contributed by atoms with Gasteiger partial charge in [0, 0.05) is 49.7 Å². The zero-order valence-electron chi connectivity index (χ0n) is 22.8. The van der Waals surface area contributed by atoms with Crippen LogP contribution in [0.3, 0.4) is 0 Å². The summed E-state index contributed by atoms with van der Waals surface area (Å²) in [5.41, 5.74) is 3.24. The Kier molecular flexibility index (Phi) is 7.68. The normalized spacial score (nSPS) is 19.9. The molecule has 0 bridgehead atoms. The SMILES string of the molecule is Cc1c2n(c(OC[C@@H]3COCCO3)cc1=O)CCc1cc(OC3CCN(C(=O)OC(C)(C)C)CC3)ccc1-2. The molecule has 2 aromatic rings. The van der Waals surface area contributed by atoms with E-state index in [1.165, 1.54) is 0 Å². The second-order valence-electron chi connectivity index (χ2n) is 11.2. The number of benzene rings is 1. The Balaban J connectivity index is 1.27. The van der Waals surface area contributed by atoms with Crippen molar-refractivity contribution in [2.45, 2.75) is 71.3 Å². The van der Waals surface area contributed by atoms with Crippen molar-refractivity contribution >= 4 is 6.09 Å². The van der Waals surface area contributed by atoms with E-state index in [0.29, 0.717) is 57.5 Å². The number of fused-ring (bicyclic) bond motifs is 3. The Morgan fingerprint density at radius 3 is 2.61 bits per heavy atom. The molecule has 9 heteroatoms. The van der Waals surface area contributed by atoms with Gasteiger partial charge >= 0.3 is 6.09 Å². The van der Waals surface area contributed by atoms with Crippen LogP contribution in [0.25, 0.3) is 11.3 Å². The van der Waals surface area contributed by atoms with Crippen LogP contribution in [0.2, 0.25) is 0 Å². The fraction of sp³-hybridized carbons (Fsp3) is 0.586. The molecule has 2 saturated heterocycles. The summed E-state index contributed by atoms with van der Waals surface area (Å²) in [6.45, 7) is 11.4. The number of hydrogen-bond acceptors (Lipinski definition) is 7. The van der Waals surface area contributed by atoms with Crippen molar-refractivity contribution in [3.8, 4) is 22.9 Å². The van der Waals surface area contributed by atoms with E-state index < -0.39 is 5.60 Å². The number of carbonyl (C=O) groups excluding carboxylic acids is 1. The van der Waals surface area contributed by atoms with E-state index >= 15 is 0 Å². The molecule has 4 heterocycles. The van der Waals surface area contributed by atoms with E-state index in [-0.39, 0.29) is 23.7 Å². The van der Waals surface area contributed by atoms with Crippen molar-refractivity contribution in [3.05, 3.63) is 45.6 Å². The maximum absolute atomic E-state index is 12.8. The van der Waals surface area contributed by atoms with Gasteiger partial charge in [-0.3, -0.25) is 4.79 Å². The summed E-state index contributed by atoms with van der Waals surface area (Å²) >= 11 is 0. The summed E-state index contributed by atoms with van der Waals surface area (Å²) in [7, 11) is 0. The Morgan fingerprint density at radius 1 is 1.11 bits per heavy atom. The molecule has 0 spiro atoms. The molecule has 0 aliphatic carbocycles. The van der Waals surface area contributed by atoms with Crippen LogP contribution < -0.4 is 14.9 Å². The summed E-state index contributed by atoms with van der Waals surface area (Å²) in [5.74, 6) is 1.38. The number of ether oxygens (including phenoxy) is 5. The minimum absolute atomic E-state index is 0.0398. The van der Waals surface area contributed by atoms with E-state index in [9.17, 15) is 9.59 Å². The molecule has 206 valence electrons. The number of rotatable bonds is 5. The van der Waals surface area contributed by atoms with Crippen molar-refractivity contribution in [1.82, 2.24) is 9.47 Å². The lowest BCUT2D eigenvalue weighted by Crippen LogP contribution is -2.44. The van der Waals surface area contributed by atoms with E-state index in [1.54, 1.807) is 11.0 Å². The lowest BCUT2D eigenvalue weighted by atomic mass is 9.94. The Hall–Kier alpha value is -3.04. The second kappa shape index (κ2) is 11.0. The molecule has 1 aromatic heterocycles. The molecular formula is C29H38N2O7. The summed E-state index contributed by atoms with van der Waals surface area (Å²) in [6, 6.07) is 7.68. The van der Waals surface area contributed by atoms with Crippen LogP contribution in [0.4, 0.5) is 4.79 Å². The van der Waals surface area contributed by atoms with Crippen LogP contribution >= 0.6 is 0 Å². The number of likely N-dealkylation sites (tertiary alicyclic amines) is 1. The van der Waals surface area contributed by atoms with Crippen LogP contribution in [0.5, 0.6) is 11.6 Å². The van der Waals surface area contributed by atoms with E-state index in [0.717, 1.165) is 41.8 Å². The second-order valence-corrected chi connectivity index (χ2v) is 11.2. The summed E-state index contributed by atoms with van der Waals surface area (Å²) in [4.78, 5) is 26.9. The summed E-state index contributed by atoms with van der Waals surface area (Å²) < 4.78 is 31.1. The lowest BCUT2D eigenvalue weighted by molar-refractivity contribution is -0.102. The van der Waals surface area contributed by atoms with Gasteiger partial charge in [0.1, 0.15) is 30.2 Å². The fourth-order valence-corrected chi connectivity index (χ4v) is 5.22. The van der Waals surface area contributed by atoms with Gasteiger partial charge in [-0.05, 0) is 57.9 Å². The highest BCUT2D eigenvalue weighted by Gasteiger charge is 2.28. The minimum Gasteiger partial charge on any atom is -0.490 e. The van der Waals surface area contributed by atoms with Crippen molar-refractivity contribution in [2.24, 2.45) is 0 Å². The van der Waals surface area contributed by atoms with Crippen LogP contribution in [0.1, 0.15) is 44.7 Å². The standard InChI is InChI=1S/C29H38N2O7/c1-19-25(32)16-26(36-18-23-17-34-13-14-35-23)31-12-7-20-15-22(5-6-24(20)27(19)31)37-21-8-10-30(11-9-21)28(33)38-29(2,3)4/h5-6,15-16,21,23H,7-14,17-18H2,1-4H3/t23-/m0/s1. The average molecular weight is 527 g/mol. The van der Waals surface area contributed by atoms with E-state index in [1.807, 2.05) is 39.8 Å². The van der Waals surface area contributed by atoms with Gasteiger partial charge in [0.25, 0.3) is 0 Å². The molecule has 0 N–H and O–H groups in total. The van der Waals surface area contributed by atoms with Crippen molar-refractivity contribution in [1.29, 1.82) is 0 Å². The average Bonchev–Trinajstić information content (AvgIpc) is 2.89. The summed E-state index contributed by atoms with van der Waals surface area (Å²) in [6.07, 6.45) is 1.95. The van der Waals surface area contributed by atoms with Crippen LogP contribution in [0.15, 0.2) is 29.1 Å². The van der Waals surface area contributed by atoms with Gasteiger partial charge in [-0.1, -0.05) is 0 Å². The van der Waals surface area contributed by atoms with Gasteiger partial charge in [0.15, 0.2) is 11.3 Å². The van der Waals surface area contributed by atoms with E-state index in [2.05, 4.69) is 10.6 Å². The number of piperidine rings is 1. The fourth-order valence-electron chi connectivity index (χ4n) is 5.22. The maximum atomic E-state index is 12.8. The molecule has 9 nitrogen and oxygen atoms in total. The van der Waals surface area contributed by atoms with Crippen LogP contribution in [0, 0.1) is 6.92 Å². The largest absolute Gasteiger partial charge is 0.490 e. The van der Waals surface area contributed by atoms with Crippen molar-refractivity contribution < 1.29 is 28.5 Å². The Bertz CT molecular complexity index is 1220. The molecule has 1 amide bonds. The first kappa shape index (κ1) is 26.6. The number of amides is 1. The zero-order chi connectivity index (χ0) is 26.9. The molecule has 0 unspecified atom stereocenters. The van der Waals surface area contributed by atoms with E-state index in [4.69, 9.17) is 23.7 Å². The number of hydrogen-bond donors (Lipinski definition) is 0. The predicted octanol–water partition coefficient (Wildman–Crippen LogP) is 3.95. The minimum atomic E-state index is -0.499. The van der Waals surface area contributed by atoms with Gasteiger partial charge in [-0.2, -0.15) is 0 Å². The molecular weight excluding hydrogens is 488 g/mol. The highest BCUT2D eigenvalue weighted by Crippen LogP contribution is 2.36. The molecule has 0 saturated carbocycles. The molecule has 0 radical (unpaired) electrons. The third-order valence-electron chi connectivity index (χ3n) is 7.15. The van der Waals surface area contributed by atoms with Crippen molar-refractivity contribution in [2.75, 3.05) is 39.5 Å². The first-order chi connectivity index (χ1) is 18.2. The van der Waals surface area contributed by atoms with Gasteiger partial charge < -0.3 is 33.2 Å². The van der Waals surface area contributed by atoms with Crippen molar-refractivity contribution in [3.63, 3.8) is 0 Å². The molecule has 3 aliphatic heterocycles. The van der Waals surface area contributed by atoms with Gasteiger partial charge in [0.2, 0.25) is 0 Å². The first-order valence-corrected chi connectivity index (χ1v) is 13.5. The highest BCUT2D eigenvalue weighted by atomic mass is 16.6. The third-order valence-corrected chi connectivity index (χ3v) is 7.15. The summed E-state index contributed by atoms with van der Waals surface area (Å²) in [5, 5.41) is 0. The quantitative estimate of drug-likeness (QED) is 0.583. The smallest absolute Gasteiger partial charge is 0.410 e. The first-order valence-electron chi connectivity index (χ1n) is 13.5. The third kappa shape index (κ3) is 5.99. The molecule has 38 heavy (non-hydrogen) atoms. The molecule has 2 fully saturated rings. The van der Waals surface area contributed by atoms with Gasteiger partial charge in [0.05, 0.1) is 25.5 Å². The Morgan fingerprint density at radius 2 is 1.89 bits per heavy atom. The molecule has 3 aliphatic rings. The van der Waals surface area contributed by atoms with Gasteiger partial charge in [-0.25, -0.2) is 4.79 Å². The van der Waals surface area contributed by atoms with Gasteiger partial charge in [-0.15, -0.1) is 0 Å². The van der Waals surface area contributed by atoms with Crippen LogP contribution in [-0.4, -0.2) is 72.9 Å². The molecule has 1 atom stereocenters. The zero-order valence-corrected chi connectivity index (χ0v) is 22.8. The number of aromatic nitrogens is 1. The number of nitrogens with zero attached hydrogens (tertiary/aromatic N) is 2. The topological polar surface area (TPSA) is 88.5 Å². The Labute approximate surface area is 223 Å². The molecule has 5 rings (SSSR count). The number of carbonyl (C=O) groups is 1. The maximum Gasteiger partial charge on any atom is 0.410 e.